The van der Waals surface area contributed by atoms with Gasteiger partial charge in [0.1, 0.15) is 11.5 Å². The molecule has 0 radical (unpaired) electrons. The van der Waals surface area contributed by atoms with Crippen molar-refractivity contribution in [3.63, 3.8) is 0 Å². The first-order valence-corrected chi connectivity index (χ1v) is 12.1. The Bertz CT molecular complexity index is 1310. The number of alkyl halides is 3. The number of benzene rings is 2. The number of hydrogen-bond donors (Lipinski definition) is 2. The number of carbonyl (C=O) groups excluding carboxylic acids is 1. The molecule has 190 valence electrons. The number of H-pyrrole nitrogens is 1. The fraction of sp³-hybridized carbons (Fsp3) is 0.357. The first-order chi connectivity index (χ1) is 17.2. The van der Waals surface area contributed by atoms with Gasteiger partial charge < -0.3 is 14.8 Å². The molecule has 8 heteroatoms. The Kier molecular flexibility index (Phi) is 7.52. The lowest BCUT2D eigenvalue weighted by atomic mass is 9.78. The highest BCUT2D eigenvalue weighted by molar-refractivity contribution is 6.24. The number of fused-ring (bicyclic) bond motifs is 1. The van der Waals surface area contributed by atoms with Gasteiger partial charge in [-0.2, -0.15) is 0 Å². The molecule has 0 amide bonds. The predicted molar refractivity (Wildman–Crippen MR) is 134 cm³/mol. The number of nitrogens with one attached hydrogen (secondary N) is 1. The summed E-state index contributed by atoms with van der Waals surface area (Å²) in [5.41, 5.74) is 4.35. The molecular weight excluding hydrogens is 469 g/mol. The maximum absolute atomic E-state index is 13.1. The van der Waals surface area contributed by atoms with Crippen LogP contribution in [-0.2, 0) is 11.2 Å². The van der Waals surface area contributed by atoms with Gasteiger partial charge in [-0.15, -0.1) is 13.2 Å². The summed E-state index contributed by atoms with van der Waals surface area (Å²) in [5.74, 6) is -0.339. The molecule has 1 heterocycles. The number of carbonyl (C=O) groups is 1. The van der Waals surface area contributed by atoms with Crippen LogP contribution in [0.5, 0.6) is 5.75 Å². The standard InChI is InChI=1S/C28H29F3N2O3/c1-3-7-25(34)27-24(14-19(15-26(27)35)18-8-5-4-6-9-18)32-13-12-21-17(2)33-23-11-10-20(16-22(21)23)36-28(29,30)31/h4-6,8-11,16,19,33-34H,3,7,12-15H2,1-2H3/t19-/m0/s1. The van der Waals surface area contributed by atoms with Crippen LogP contribution >= 0.6 is 0 Å². The smallest absolute Gasteiger partial charge is 0.511 e. The number of ketones is 1. The van der Waals surface area contributed by atoms with Crippen LogP contribution in [0.4, 0.5) is 13.2 Å². The largest absolute Gasteiger partial charge is 0.573 e. The number of Topliss-reactive ketones (excluding diaryl/α,β-unsaturated/α-hetero) is 1. The summed E-state index contributed by atoms with van der Waals surface area (Å²) in [4.78, 5) is 21.0. The molecule has 36 heavy (non-hydrogen) atoms. The minimum absolute atomic E-state index is 0.0208. The van der Waals surface area contributed by atoms with E-state index in [-0.39, 0.29) is 23.2 Å². The summed E-state index contributed by atoms with van der Waals surface area (Å²) >= 11 is 0. The summed E-state index contributed by atoms with van der Waals surface area (Å²) < 4.78 is 42.2. The fourth-order valence-corrected chi connectivity index (χ4v) is 4.87. The molecule has 2 aromatic carbocycles. The van der Waals surface area contributed by atoms with Gasteiger partial charge in [-0.1, -0.05) is 37.3 Å². The Morgan fingerprint density at radius 3 is 2.61 bits per heavy atom. The van der Waals surface area contributed by atoms with E-state index in [4.69, 9.17) is 4.99 Å². The minimum Gasteiger partial charge on any atom is -0.511 e. The zero-order chi connectivity index (χ0) is 25.9. The third-order valence-corrected chi connectivity index (χ3v) is 6.47. The number of aliphatic hydroxyl groups excluding tert-OH is 1. The Hall–Kier alpha value is -3.55. The number of aliphatic imine (C=N–C) groups is 1. The van der Waals surface area contributed by atoms with Gasteiger partial charge >= 0.3 is 6.36 Å². The van der Waals surface area contributed by atoms with Crippen LogP contribution in [0.15, 0.2) is 64.9 Å². The summed E-state index contributed by atoms with van der Waals surface area (Å²) in [6.07, 6.45) is -2.35. The van der Waals surface area contributed by atoms with E-state index in [1.165, 1.54) is 12.1 Å². The van der Waals surface area contributed by atoms with Crippen molar-refractivity contribution in [1.29, 1.82) is 0 Å². The van der Waals surface area contributed by atoms with Gasteiger partial charge in [-0.3, -0.25) is 9.79 Å². The van der Waals surface area contributed by atoms with Gasteiger partial charge in [0.05, 0.1) is 5.57 Å². The van der Waals surface area contributed by atoms with Crippen molar-refractivity contribution < 1.29 is 27.8 Å². The average Bonchev–Trinajstić information content (AvgIpc) is 3.13. The lowest BCUT2D eigenvalue weighted by Crippen LogP contribution is -2.27. The van der Waals surface area contributed by atoms with Gasteiger partial charge in [0, 0.05) is 41.7 Å². The van der Waals surface area contributed by atoms with Gasteiger partial charge in [0.15, 0.2) is 5.78 Å². The maximum atomic E-state index is 13.1. The minimum atomic E-state index is -4.77. The zero-order valence-corrected chi connectivity index (χ0v) is 20.3. The average molecular weight is 499 g/mol. The molecule has 1 fully saturated rings. The Morgan fingerprint density at radius 1 is 1.17 bits per heavy atom. The van der Waals surface area contributed by atoms with Crippen molar-refractivity contribution in [3.8, 4) is 5.75 Å². The van der Waals surface area contributed by atoms with Crippen molar-refractivity contribution in [2.45, 2.75) is 58.2 Å². The van der Waals surface area contributed by atoms with E-state index in [2.05, 4.69) is 9.72 Å². The molecule has 0 unspecified atom stereocenters. The van der Waals surface area contributed by atoms with Crippen LogP contribution in [0.2, 0.25) is 0 Å². The second kappa shape index (κ2) is 10.6. The first-order valence-electron chi connectivity index (χ1n) is 12.1. The van der Waals surface area contributed by atoms with Crippen molar-refractivity contribution in [3.05, 3.63) is 76.7 Å². The predicted octanol–water partition coefficient (Wildman–Crippen LogP) is 7.12. The summed E-state index contributed by atoms with van der Waals surface area (Å²) in [7, 11) is 0. The number of hydrogen-bond acceptors (Lipinski definition) is 4. The summed E-state index contributed by atoms with van der Waals surface area (Å²) in [6, 6.07) is 14.0. The number of halogens is 3. The van der Waals surface area contributed by atoms with E-state index in [1.54, 1.807) is 6.07 Å². The second-order valence-electron chi connectivity index (χ2n) is 9.07. The van der Waals surface area contributed by atoms with E-state index in [9.17, 15) is 23.1 Å². The molecule has 1 atom stereocenters. The number of allylic oxidation sites excluding steroid dienone is 2. The van der Waals surface area contributed by atoms with Crippen LogP contribution in [0, 0.1) is 6.92 Å². The van der Waals surface area contributed by atoms with E-state index in [0.717, 1.165) is 16.8 Å². The van der Waals surface area contributed by atoms with Gasteiger partial charge in [-0.05, 0) is 61.4 Å². The van der Waals surface area contributed by atoms with E-state index < -0.39 is 6.36 Å². The number of ether oxygens (including phenoxy) is 1. The molecule has 1 aliphatic carbocycles. The molecule has 3 aromatic rings. The lowest BCUT2D eigenvalue weighted by molar-refractivity contribution is -0.274. The highest BCUT2D eigenvalue weighted by Gasteiger charge is 2.32. The second-order valence-corrected chi connectivity index (χ2v) is 9.07. The zero-order valence-electron chi connectivity index (χ0n) is 20.3. The normalized spacial score (nSPS) is 19.2. The van der Waals surface area contributed by atoms with Crippen LogP contribution in [-0.4, -0.2) is 34.5 Å². The number of aryl methyl sites for hydroxylation is 1. The number of rotatable bonds is 7. The van der Waals surface area contributed by atoms with Crippen LogP contribution in [0.3, 0.4) is 0 Å². The van der Waals surface area contributed by atoms with Gasteiger partial charge in [-0.25, -0.2) is 0 Å². The van der Waals surface area contributed by atoms with Crippen LogP contribution < -0.4 is 4.74 Å². The molecule has 2 N–H and O–H groups in total. The summed E-state index contributed by atoms with van der Waals surface area (Å²) in [5, 5.41) is 11.3. The van der Waals surface area contributed by atoms with Gasteiger partial charge in [0.25, 0.3) is 0 Å². The summed E-state index contributed by atoms with van der Waals surface area (Å²) in [6.45, 7) is 4.12. The lowest BCUT2D eigenvalue weighted by Gasteiger charge is -2.26. The fourth-order valence-electron chi connectivity index (χ4n) is 4.87. The Morgan fingerprint density at radius 2 is 1.92 bits per heavy atom. The molecule has 1 aromatic heterocycles. The van der Waals surface area contributed by atoms with Crippen molar-refractivity contribution in [2.75, 3.05) is 6.54 Å². The molecule has 1 aliphatic rings. The van der Waals surface area contributed by atoms with E-state index in [0.29, 0.717) is 60.8 Å². The molecule has 1 saturated carbocycles. The molecule has 0 aliphatic heterocycles. The monoisotopic (exact) mass is 498 g/mol. The van der Waals surface area contributed by atoms with Crippen LogP contribution in [0.25, 0.3) is 10.9 Å². The third kappa shape index (κ3) is 5.80. The third-order valence-electron chi connectivity index (χ3n) is 6.47. The quantitative estimate of drug-likeness (QED) is 0.269. The number of aliphatic hydroxyl groups is 1. The number of nitrogens with zero attached hydrogens (tertiary/aromatic N) is 1. The van der Waals surface area contributed by atoms with Crippen molar-refractivity contribution >= 4 is 22.4 Å². The van der Waals surface area contributed by atoms with Crippen molar-refractivity contribution in [2.24, 2.45) is 4.99 Å². The Balaban J connectivity index is 1.62. The molecule has 0 spiro atoms. The molecule has 4 rings (SSSR count). The van der Waals surface area contributed by atoms with Crippen molar-refractivity contribution in [1.82, 2.24) is 4.98 Å². The van der Waals surface area contributed by atoms with Gasteiger partial charge in [0.2, 0.25) is 0 Å². The first kappa shape index (κ1) is 25.5. The number of aromatic amines is 1. The highest BCUT2D eigenvalue weighted by atomic mass is 19.4. The van der Waals surface area contributed by atoms with E-state index >= 15 is 0 Å². The Labute approximate surface area is 207 Å². The maximum Gasteiger partial charge on any atom is 0.573 e. The SMILES string of the molecule is CCCC(O)=C1C(=O)C[C@@H](c2ccccc2)CC1=NCCc1c(C)[nH]c2ccc(OC(F)(F)F)cc12. The molecule has 0 bridgehead atoms. The highest BCUT2D eigenvalue weighted by Crippen LogP contribution is 2.34. The van der Waals surface area contributed by atoms with E-state index in [1.807, 2.05) is 44.2 Å². The molecular formula is C28H29F3N2O3. The number of aromatic nitrogens is 1. The molecule has 0 saturated heterocycles. The van der Waals surface area contributed by atoms with Crippen LogP contribution in [0.1, 0.15) is 55.3 Å². The topological polar surface area (TPSA) is 74.7 Å². The molecule has 5 nitrogen and oxygen atoms in total.